The molecule has 0 aliphatic carbocycles. The lowest BCUT2D eigenvalue weighted by Gasteiger charge is -2.06. The predicted octanol–water partition coefficient (Wildman–Crippen LogP) is 1.24. The first-order valence-electron chi connectivity index (χ1n) is 6.12. The molecule has 2 unspecified atom stereocenters. The molecule has 1 saturated heterocycles. The van der Waals surface area contributed by atoms with Crippen molar-refractivity contribution in [2.45, 2.75) is 18.4 Å². The van der Waals surface area contributed by atoms with Crippen molar-refractivity contribution in [2.75, 3.05) is 13.2 Å². The Bertz CT molecular complexity index is 573. The lowest BCUT2D eigenvalue weighted by molar-refractivity contribution is 0.187. The third-order valence-corrected chi connectivity index (χ3v) is 3.18. The molecule has 0 bridgehead atoms. The number of aromatic nitrogens is 2. The molecular formula is C13H14FN3O2. The molecule has 5 nitrogen and oxygen atoms in total. The monoisotopic (exact) mass is 263 g/mol. The molecular weight excluding hydrogens is 249 g/mol. The molecule has 2 atom stereocenters. The molecule has 1 aliphatic rings. The van der Waals surface area contributed by atoms with Crippen LogP contribution in [0.4, 0.5) is 4.39 Å². The Morgan fingerprint density at radius 2 is 2.26 bits per heavy atom. The second-order valence-corrected chi connectivity index (χ2v) is 4.66. The average molecular weight is 263 g/mol. The van der Waals surface area contributed by atoms with Gasteiger partial charge in [0.15, 0.2) is 5.82 Å². The minimum Gasteiger partial charge on any atom is -0.379 e. The van der Waals surface area contributed by atoms with Crippen LogP contribution in [-0.4, -0.2) is 29.4 Å². The maximum atomic E-state index is 13.1. The molecule has 6 heteroatoms. The Hall–Kier alpha value is -1.79. The number of benzene rings is 1. The standard InChI is InChI=1S/C13H14FN3O2/c14-9-3-1-2-8(4-9)5-12-16-13(19-17-12)10-6-18-7-11(10)15/h1-4,10-11H,5-7,15H2. The van der Waals surface area contributed by atoms with Gasteiger partial charge in [-0.15, -0.1) is 0 Å². The first-order valence-corrected chi connectivity index (χ1v) is 6.12. The van der Waals surface area contributed by atoms with Gasteiger partial charge in [-0.3, -0.25) is 0 Å². The van der Waals surface area contributed by atoms with E-state index in [0.29, 0.717) is 31.3 Å². The van der Waals surface area contributed by atoms with E-state index in [0.717, 1.165) is 5.56 Å². The van der Waals surface area contributed by atoms with Gasteiger partial charge in [0.25, 0.3) is 0 Å². The predicted molar refractivity (Wildman–Crippen MR) is 65.0 cm³/mol. The van der Waals surface area contributed by atoms with E-state index in [4.69, 9.17) is 15.0 Å². The largest absolute Gasteiger partial charge is 0.379 e. The zero-order chi connectivity index (χ0) is 13.2. The van der Waals surface area contributed by atoms with E-state index in [9.17, 15) is 4.39 Å². The smallest absolute Gasteiger partial charge is 0.233 e. The summed E-state index contributed by atoms with van der Waals surface area (Å²) in [5, 5.41) is 3.90. The lowest BCUT2D eigenvalue weighted by Crippen LogP contribution is -2.27. The van der Waals surface area contributed by atoms with Crippen molar-refractivity contribution in [3.63, 3.8) is 0 Å². The van der Waals surface area contributed by atoms with Crippen molar-refractivity contribution in [3.05, 3.63) is 47.4 Å². The van der Waals surface area contributed by atoms with Gasteiger partial charge in [-0.1, -0.05) is 17.3 Å². The Morgan fingerprint density at radius 3 is 3.00 bits per heavy atom. The van der Waals surface area contributed by atoms with Gasteiger partial charge in [-0.2, -0.15) is 4.98 Å². The Balaban J connectivity index is 1.74. The normalized spacial score (nSPS) is 22.8. The Morgan fingerprint density at radius 1 is 1.37 bits per heavy atom. The summed E-state index contributed by atoms with van der Waals surface area (Å²) >= 11 is 0. The topological polar surface area (TPSA) is 74.2 Å². The minimum absolute atomic E-state index is 0.0474. The van der Waals surface area contributed by atoms with Crippen LogP contribution in [0.15, 0.2) is 28.8 Å². The molecule has 0 radical (unpaired) electrons. The van der Waals surface area contributed by atoms with Crippen LogP contribution in [0.3, 0.4) is 0 Å². The van der Waals surface area contributed by atoms with Crippen molar-refractivity contribution < 1.29 is 13.7 Å². The molecule has 1 aromatic carbocycles. The van der Waals surface area contributed by atoms with Crippen LogP contribution < -0.4 is 5.73 Å². The van der Waals surface area contributed by atoms with E-state index in [1.165, 1.54) is 12.1 Å². The fourth-order valence-electron chi connectivity index (χ4n) is 2.14. The summed E-state index contributed by atoms with van der Waals surface area (Å²) in [5.74, 6) is 0.706. The van der Waals surface area contributed by atoms with Crippen molar-refractivity contribution in [1.82, 2.24) is 10.1 Å². The highest BCUT2D eigenvalue weighted by atomic mass is 19.1. The third-order valence-electron chi connectivity index (χ3n) is 3.18. The molecule has 2 heterocycles. The van der Waals surface area contributed by atoms with Crippen molar-refractivity contribution >= 4 is 0 Å². The number of nitrogens with zero attached hydrogens (tertiary/aromatic N) is 2. The molecule has 100 valence electrons. The Labute approximate surface area is 109 Å². The zero-order valence-electron chi connectivity index (χ0n) is 10.3. The summed E-state index contributed by atoms with van der Waals surface area (Å²) in [5.41, 5.74) is 6.70. The lowest BCUT2D eigenvalue weighted by atomic mass is 10.1. The zero-order valence-corrected chi connectivity index (χ0v) is 10.3. The van der Waals surface area contributed by atoms with E-state index in [-0.39, 0.29) is 17.8 Å². The molecule has 1 aliphatic heterocycles. The molecule has 19 heavy (non-hydrogen) atoms. The second-order valence-electron chi connectivity index (χ2n) is 4.66. The number of nitrogens with two attached hydrogens (primary N) is 1. The van der Waals surface area contributed by atoms with Crippen LogP contribution in [0.5, 0.6) is 0 Å². The van der Waals surface area contributed by atoms with Crippen molar-refractivity contribution in [3.8, 4) is 0 Å². The van der Waals surface area contributed by atoms with E-state index in [1.54, 1.807) is 6.07 Å². The van der Waals surface area contributed by atoms with Gasteiger partial charge in [-0.05, 0) is 17.7 Å². The highest BCUT2D eigenvalue weighted by Crippen LogP contribution is 2.23. The fourth-order valence-corrected chi connectivity index (χ4v) is 2.14. The SMILES string of the molecule is NC1COCC1c1nc(Cc2cccc(F)c2)no1. The van der Waals surface area contributed by atoms with E-state index >= 15 is 0 Å². The van der Waals surface area contributed by atoms with Crippen LogP contribution in [0.25, 0.3) is 0 Å². The number of hydrogen-bond acceptors (Lipinski definition) is 5. The van der Waals surface area contributed by atoms with Crippen LogP contribution in [0, 0.1) is 5.82 Å². The molecule has 1 aromatic heterocycles. The van der Waals surface area contributed by atoms with Gasteiger partial charge in [0.2, 0.25) is 5.89 Å². The summed E-state index contributed by atoms with van der Waals surface area (Å²) in [7, 11) is 0. The van der Waals surface area contributed by atoms with Crippen LogP contribution in [-0.2, 0) is 11.2 Å². The molecule has 2 aromatic rings. The molecule has 0 spiro atoms. The maximum absolute atomic E-state index is 13.1. The molecule has 1 fully saturated rings. The van der Waals surface area contributed by atoms with Gasteiger partial charge in [0.1, 0.15) is 5.82 Å². The maximum Gasteiger partial charge on any atom is 0.233 e. The van der Waals surface area contributed by atoms with Crippen LogP contribution in [0.2, 0.25) is 0 Å². The molecule has 3 rings (SSSR count). The fraction of sp³-hybridized carbons (Fsp3) is 0.385. The van der Waals surface area contributed by atoms with Gasteiger partial charge in [-0.25, -0.2) is 4.39 Å². The van der Waals surface area contributed by atoms with E-state index in [1.807, 2.05) is 6.07 Å². The van der Waals surface area contributed by atoms with Crippen molar-refractivity contribution in [2.24, 2.45) is 5.73 Å². The minimum atomic E-state index is -0.271. The van der Waals surface area contributed by atoms with Gasteiger partial charge >= 0.3 is 0 Å². The summed E-state index contributed by atoms with van der Waals surface area (Å²) in [6.07, 6.45) is 0.435. The highest BCUT2D eigenvalue weighted by molar-refractivity contribution is 5.20. The number of rotatable bonds is 3. The average Bonchev–Trinajstić information content (AvgIpc) is 2.98. The van der Waals surface area contributed by atoms with Gasteiger partial charge < -0.3 is 15.0 Å². The number of hydrogen-bond donors (Lipinski definition) is 1. The number of halogens is 1. The molecule has 0 amide bonds. The third kappa shape index (κ3) is 2.64. The summed E-state index contributed by atoms with van der Waals surface area (Å²) in [4.78, 5) is 4.31. The quantitative estimate of drug-likeness (QED) is 0.901. The first-order chi connectivity index (χ1) is 9.22. The van der Waals surface area contributed by atoms with Crippen molar-refractivity contribution in [1.29, 1.82) is 0 Å². The Kier molecular flexibility index (Phi) is 3.27. The molecule has 2 N–H and O–H groups in total. The van der Waals surface area contributed by atoms with Crippen LogP contribution >= 0.6 is 0 Å². The number of ether oxygens (including phenoxy) is 1. The molecule has 0 saturated carbocycles. The van der Waals surface area contributed by atoms with Gasteiger partial charge in [0, 0.05) is 12.5 Å². The second kappa shape index (κ2) is 5.07. The summed E-state index contributed by atoms with van der Waals surface area (Å²) in [6.45, 7) is 1.01. The summed E-state index contributed by atoms with van der Waals surface area (Å²) < 4.78 is 23.5. The highest BCUT2D eigenvalue weighted by Gasteiger charge is 2.31. The van der Waals surface area contributed by atoms with Gasteiger partial charge in [0.05, 0.1) is 19.1 Å². The van der Waals surface area contributed by atoms with E-state index in [2.05, 4.69) is 10.1 Å². The van der Waals surface area contributed by atoms with Crippen LogP contribution in [0.1, 0.15) is 23.2 Å². The first kappa shape index (κ1) is 12.3. The van der Waals surface area contributed by atoms with E-state index < -0.39 is 0 Å². The summed E-state index contributed by atoms with van der Waals surface area (Å²) in [6, 6.07) is 6.23.